The van der Waals surface area contributed by atoms with Gasteiger partial charge in [-0.2, -0.15) is 0 Å². The summed E-state index contributed by atoms with van der Waals surface area (Å²) in [5, 5.41) is 5.81. The number of carbonyl (C=O) groups is 3. The van der Waals surface area contributed by atoms with Crippen LogP contribution >= 0.6 is 0 Å². The predicted octanol–water partition coefficient (Wildman–Crippen LogP) is 3.91. The molecule has 1 fully saturated rings. The van der Waals surface area contributed by atoms with Gasteiger partial charge in [-0.25, -0.2) is 4.79 Å². The molecule has 0 radical (unpaired) electrons. The van der Waals surface area contributed by atoms with Crippen LogP contribution in [0.3, 0.4) is 0 Å². The Morgan fingerprint density at radius 2 is 1.71 bits per heavy atom. The first kappa shape index (κ1) is 23.1. The fourth-order valence-electron chi connectivity index (χ4n) is 3.94. The molecule has 1 aliphatic rings. The Bertz CT molecular complexity index is 1110. The van der Waals surface area contributed by atoms with Crippen LogP contribution in [0.5, 0.6) is 0 Å². The van der Waals surface area contributed by atoms with Gasteiger partial charge >= 0.3 is 6.03 Å². The van der Waals surface area contributed by atoms with Gasteiger partial charge in [0.2, 0.25) is 5.91 Å². The SMILES string of the molecule is CN(C(=O)Cc1ccc(NC(=O)NC2CCN(C(=O)c3ccoc3)CC2)cc1)c1ccccc1. The van der Waals surface area contributed by atoms with Gasteiger partial charge in [0.1, 0.15) is 6.26 Å². The van der Waals surface area contributed by atoms with E-state index in [0.29, 0.717) is 37.2 Å². The number of likely N-dealkylation sites (tertiary alicyclic amines) is 1. The van der Waals surface area contributed by atoms with Crippen LogP contribution < -0.4 is 15.5 Å². The summed E-state index contributed by atoms with van der Waals surface area (Å²) < 4.78 is 4.98. The minimum absolute atomic E-state index is 0.00109. The molecule has 1 saturated heterocycles. The van der Waals surface area contributed by atoms with Crippen molar-refractivity contribution < 1.29 is 18.8 Å². The van der Waals surface area contributed by atoms with E-state index >= 15 is 0 Å². The summed E-state index contributed by atoms with van der Waals surface area (Å²) in [6, 6.07) is 18.1. The van der Waals surface area contributed by atoms with E-state index in [4.69, 9.17) is 4.42 Å². The number of urea groups is 1. The molecule has 4 amide bonds. The van der Waals surface area contributed by atoms with Crippen molar-refractivity contribution >= 4 is 29.2 Å². The average Bonchev–Trinajstić information content (AvgIpc) is 3.40. The fraction of sp³-hybridized carbons (Fsp3) is 0.269. The van der Waals surface area contributed by atoms with Gasteiger partial charge in [0.15, 0.2) is 0 Å². The second kappa shape index (κ2) is 10.7. The van der Waals surface area contributed by atoms with Crippen molar-refractivity contribution in [3.63, 3.8) is 0 Å². The number of benzene rings is 2. The van der Waals surface area contributed by atoms with Gasteiger partial charge in [0.25, 0.3) is 5.91 Å². The molecule has 3 aromatic rings. The molecular formula is C26H28N4O4. The highest BCUT2D eigenvalue weighted by Gasteiger charge is 2.25. The highest BCUT2D eigenvalue weighted by molar-refractivity contribution is 5.95. The second-order valence-electron chi connectivity index (χ2n) is 8.34. The number of nitrogens with one attached hydrogen (secondary N) is 2. The molecule has 1 aliphatic heterocycles. The van der Waals surface area contributed by atoms with Gasteiger partial charge < -0.3 is 24.9 Å². The van der Waals surface area contributed by atoms with E-state index in [1.54, 1.807) is 35.0 Å². The Morgan fingerprint density at radius 1 is 1.00 bits per heavy atom. The van der Waals surface area contributed by atoms with Gasteiger partial charge in [-0.3, -0.25) is 9.59 Å². The van der Waals surface area contributed by atoms with Crippen molar-refractivity contribution in [3.05, 3.63) is 84.3 Å². The highest BCUT2D eigenvalue weighted by atomic mass is 16.3. The lowest BCUT2D eigenvalue weighted by Gasteiger charge is -2.32. The summed E-state index contributed by atoms with van der Waals surface area (Å²) >= 11 is 0. The first-order valence-electron chi connectivity index (χ1n) is 11.3. The van der Waals surface area contributed by atoms with Crippen molar-refractivity contribution in [2.45, 2.75) is 25.3 Å². The number of carbonyl (C=O) groups excluding carboxylic acids is 3. The summed E-state index contributed by atoms with van der Waals surface area (Å²) in [6.07, 6.45) is 4.58. The molecule has 176 valence electrons. The number of piperidine rings is 1. The quantitative estimate of drug-likeness (QED) is 0.583. The lowest BCUT2D eigenvalue weighted by molar-refractivity contribution is -0.117. The van der Waals surface area contributed by atoms with Crippen molar-refractivity contribution in [3.8, 4) is 0 Å². The number of amides is 4. The Labute approximate surface area is 198 Å². The normalized spacial score (nSPS) is 13.9. The molecule has 0 atom stereocenters. The number of hydrogen-bond acceptors (Lipinski definition) is 4. The van der Waals surface area contributed by atoms with E-state index in [2.05, 4.69) is 10.6 Å². The van der Waals surface area contributed by atoms with Gasteiger partial charge in [-0.1, -0.05) is 30.3 Å². The number of furan rings is 1. The number of nitrogens with zero attached hydrogens (tertiary/aromatic N) is 2. The molecule has 34 heavy (non-hydrogen) atoms. The zero-order valence-electron chi connectivity index (χ0n) is 19.1. The third kappa shape index (κ3) is 5.83. The number of para-hydroxylation sites is 1. The van der Waals surface area contributed by atoms with Crippen LogP contribution in [0.25, 0.3) is 0 Å². The Balaban J connectivity index is 1.22. The van der Waals surface area contributed by atoms with Crippen LogP contribution in [-0.2, 0) is 11.2 Å². The summed E-state index contributed by atoms with van der Waals surface area (Å²) in [5.41, 5.74) is 2.91. The summed E-state index contributed by atoms with van der Waals surface area (Å²) in [4.78, 5) is 40.7. The molecule has 0 aliphatic carbocycles. The van der Waals surface area contributed by atoms with E-state index in [1.807, 2.05) is 42.5 Å². The maximum Gasteiger partial charge on any atom is 0.319 e. The summed E-state index contributed by atoms with van der Waals surface area (Å²) in [7, 11) is 1.76. The Morgan fingerprint density at radius 3 is 2.35 bits per heavy atom. The summed E-state index contributed by atoms with van der Waals surface area (Å²) in [6.45, 7) is 1.16. The first-order chi connectivity index (χ1) is 16.5. The van der Waals surface area contributed by atoms with Crippen LogP contribution in [-0.4, -0.2) is 48.9 Å². The molecule has 1 aromatic heterocycles. The van der Waals surface area contributed by atoms with Crippen molar-refractivity contribution in [2.24, 2.45) is 0 Å². The van der Waals surface area contributed by atoms with Crippen molar-refractivity contribution in [1.29, 1.82) is 0 Å². The molecule has 2 aromatic carbocycles. The van der Waals surface area contributed by atoms with Gasteiger partial charge in [-0.15, -0.1) is 0 Å². The average molecular weight is 461 g/mol. The number of likely N-dealkylation sites (N-methyl/N-ethyl adjacent to an activating group) is 1. The lowest BCUT2D eigenvalue weighted by atomic mass is 10.0. The lowest BCUT2D eigenvalue weighted by Crippen LogP contribution is -2.47. The maximum absolute atomic E-state index is 12.5. The minimum atomic E-state index is -0.285. The molecule has 2 N–H and O–H groups in total. The topological polar surface area (TPSA) is 94.9 Å². The number of anilines is 2. The molecule has 0 bridgehead atoms. The zero-order chi connectivity index (χ0) is 23.9. The molecule has 8 nitrogen and oxygen atoms in total. The Hall–Kier alpha value is -4.07. The number of hydrogen-bond donors (Lipinski definition) is 2. The predicted molar refractivity (Wildman–Crippen MR) is 130 cm³/mol. The zero-order valence-corrected chi connectivity index (χ0v) is 19.1. The van der Waals surface area contributed by atoms with Gasteiger partial charge in [0, 0.05) is 37.6 Å². The Kier molecular flexibility index (Phi) is 7.27. The largest absolute Gasteiger partial charge is 0.472 e. The standard InChI is InChI=1S/C26H28N4O4/c1-29(23-5-3-2-4-6-23)24(31)17-19-7-9-21(10-8-19)27-26(33)28-22-11-14-30(15-12-22)25(32)20-13-16-34-18-20/h2-10,13,16,18,22H,11-12,14-15,17H2,1H3,(H2,27,28,33). The van der Waals surface area contributed by atoms with Crippen LogP contribution in [0.1, 0.15) is 28.8 Å². The highest BCUT2D eigenvalue weighted by Crippen LogP contribution is 2.17. The van der Waals surface area contributed by atoms with E-state index in [0.717, 1.165) is 11.3 Å². The first-order valence-corrected chi connectivity index (χ1v) is 11.3. The molecule has 0 unspecified atom stereocenters. The van der Waals surface area contributed by atoms with Crippen LogP contribution in [0.15, 0.2) is 77.6 Å². The third-order valence-electron chi connectivity index (χ3n) is 5.97. The van der Waals surface area contributed by atoms with Crippen LogP contribution in [0.2, 0.25) is 0 Å². The number of rotatable bonds is 6. The molecule has 4 rings (SSSR count). The van der Waals surface area contributed by atoms with Gasteiger partial charge in [0.05, 0.1) is 18.2 Å². The molecular weight excluding hydrogens is 432 g/mol. The van der Waals surface area contributed by atoms with E-state index in [9.17, 15) is 14.4 Å². The second-order valence-corrected chi connectivity index (χ2v) is 8.34. The third-order valence-corrected chi connectivity index (χ3v) is 5.97. The monoisotopic (exact) mass is 460 g/mol. The summed E-state index contributed by atoms with van der Waals surface area (Å²) in [5.74, 6) is -0.0626. The van der Waals surface area contributed by atoms with E-state index in [1.165, 1.54) is 12.5 Å². The van der Waals surface area contributed by atoms with Crippen molar-refractivity contribution in [2.75, 3.05) is 30.4 Å². The van der Waals surface area contributed by atoms with Gasteiger partial charge in [-0.05, 0) is 48.7 Å². The smallest absolute Gasteiger partial charge is 0.319 e. The molecule has 0 spiro atoms. The van der Waals surface area contributed by atoms with Crippen LogP contribution in [0, 0.1) is 0 Å². The minimum Gasteiger partial charge on any atom is -0.472 e. The van der Waals surface area contributed by atoms with Crippen LogP contribution in [0.4, 0.5) is 16.2 Å². The maximum atomic E-state index is 12.5. The molecule has 0 saturated carbocycles. The van der Waals surface area contributed by atoms with E-state index < -0.39 is 0 Å². The van der Waals surface area contributed by atoms with E-state index in [-0.39, 0.29) is 30.3 Å². The fourth-order valence-corrected chi connectivity index (χ4v) is 3.94. The molecule has 8 heteroatoms. The van der Waals surface area contributed by atoms with Crippen molar-refractivity contribution in [1.82, 2.24) is 10.2 Å². The molecule has 2 heterocycles.